The van der Waals surface area contributed by atoms with Crippen molar-refractivity contribution in [2.75, 3.05) is 33.8 Å². The zero-order valence-electron chi connectivity index (χ0n) is 10.8. The highest BCUT2D eigenvalue weighted by Crippen LogP contribution is 2.26. The molecule has 0 saturated carbocycles. The summed E-state index contributed by atoms with van der Waals surface area (Å²) < 4.78 is 5.37. The van der Waals surface area contributed by atoms with Crippen molar-refractivity contribution in [2.24, 2.45) is 5.73 Å². The van der Waals surface area contributed by atoms with Crippen LogP contribution in [0.1, 0.15) is 11.1 Å². The zero-order chi connectivity index (χ0) is 12.8. The molecule has 0 fully saturated rings. The summed E-state index contributed by atoms with van der Waals surface area (Å²) in [5.74, 6) is 0.910. The lowest BCUT2D eigenvalue weighted by Gasteiger charge is -2.17. The van der Waals surface area contributed by atoms with Crippen molar-refractivity contribution in [2.45, 2.75) is 13.3 Å². The first-order chi connectivity index (χ1) is 8.08. The maximum atomic E-state index is 6.13. The molecule has 17 heavy (non-hydrogen) atoms. The van der Waals surface area contributed by atoms with E-state index in [-0.39, 0.29) is 0 Å². The van der Waals surface area contributed by atoms with Gasteiger partial charge in [0.05, 0.1) is 7.11 Å². The first-order valence-corrected chi connectivity index (χ1v) is 6.18. The third kappa shape index (κ3) is 4.19. The predicted octanol–water partition coefficient (Wildman–Crippen LogP) is 2.09. The molecule has 0 heterocycles. The highest BCUT2D eigenvalue weighted by Gasteiger charge is 2.08. The second-order valence-electron chi connectivity index (χ2n) is 4.26. The van der Waals surface area contributed by atoms with Crippen LogP contribution in [-0.2, 0) is 6.42 Å². The smallest absolute Gasteiger partial charge is 0.122 e. The molecule has 1 aromatic carbocycles. The molecule has 4 heteroatoms. The molecular weight excluding hydrogens is 236 g/mol. The lowest BCUT2D eigenvalue weighted by Crippen LogP contribution is -2.27. The van der Waals surface area contributed by atoms with Crippen molar-refractivity contribution in [3.63, 3.8) is 0 Å². The lowest BCUT2D eigenvalue weighted by atomic mass is 10.1. The van der Waals surface area contributed by atoms with Crippen LogP contribution in [0.15, 0.2) is 12.1 Å². The van der Waals surface area contributed by atoms with Crippen molar-refractivity contribution in [3.8, 4) is 5.75 Å². The number of nitrogens with zero attached hydrogens (tertiary/aromatic N) is 1. The van der Waals surface area contributed by atoms with Gasteiger partial charge in [0.1, 0.15) is 5.75 Å². The van der Waals surface area contributed by atoms with Crippen LogP contribution in [0.3, 0.4) is 0 Å². The number of nitrogens with two attached hydrogens (primary N) is 1. The Balaban J connectivity index is 2.72. The Kier molecular flexibility index (Phi) is 5.75. The van der Waals surface area contributed by atoms with Gasteiger partial charge in [0.25, 0.3) is 0 Å². The van der Waals surface area contributed by atoms with Gasteiger partial charge in [-0.1, -0.05) is 11.6 Å². The molecule has 0 aliphatic carbocycles. The van der Waals surface area contributed by atoms with E-state index >= 15 is 0 Å². The average Bonchev–Trinajstić information content (AvgIpc) is 2.30. The van der Waals surface area contributed by atoms with Crippen LogP contribution in [0.4, 0.5) is 0 Å². The van der Waals surface area contributed by atoms with Crippen LogP contribution in [-0.4, -0.2) is 38.7 Å². The highest BCUT2D eigenvalue weighted by atomic mass is 35.5. The van der Waals surface area contributed by atoms with Gasteiger partial charge < -0.3 is 15.4 Å². The molecule has 0 amide bonds. The molecule has 0 radical (unpaired) electrons. The maximum Gasteiger partial charge on any atom is 0.122 e. The third-order valence-electron chi connectivity index (χ3n) is 2.84. The minimum absolute atomic E-state index is 0.683. The fraction of sp³-hybridized carbons (Fsp3) is 0.538. The van der Waals surface area contributed by atoms with Crippen LogP contribution < -0.4 is 10.5 Å². The van der Waals surface area contributed by atoms with Gasteiger partial charge in [0.15, 0.2) is 0 Å². The second kappa shape index (κ2) is 6.84. The normalized spacial score (nSPS) is 10.9. The summed E-state index contributed by atoms with van der Waals surface area (Å²) in [6, 6.07) is 3.98. The van der Waals surface area contributed by atoms with E-state index in [1.165, 1.54) is 0 Å². The minimum Gasteiger partial charge on any atom is -0.496 e. The minimum atomic E-state index is 0.683. The summed E-state index contributed by atoms with van der Waals surface area (Å²) in [4.78, 5) is 2.20. The number of aryl methyl sites for hydroxylation is 1. The Morgan fingerprint density at radius 3 is 2.65 bits per heavy atom. The standard InChI is InChI=1S/C13H21ClN2O/c1-10-8-13(17-3)11(9-12(10)14)4-6-16(2)7-5-15/h8-9H,4-7,15H2,1-3H3. The van der Waals surface area contributed by atoms with Crippen LogP contribution >= 0.6 is 11.6 Å². The summed E-state index contributed by atoms with van der Waals surface area (Å²) in [5.41, 5.74) is 7.70. The molecule has 1 aromatic rings. The van der Waals surface area contributed by atoms with Gasteiger partial charge in [-0.3, -0.25) is 0 Å². The molecule has 0 aliphatic rings. The number of likely N-dealkylation sites (N-methyl/N-ethyl adjacent to an activating group) is 1. The van der Waals surface area contributed by atoms with Crippen LogP contribution in [0.25, 0.3) is 0 Å². The van der Waals surface area contributed by atoms with E-state index in [1.54, 1.807) is 7.11 Å². The van der Waals surface area contributed by atoms with Gasteiger partial charge in [-0.15, -0.1) is 0 Å². The van der Waals surface area contributed by atoms with E-state index in [1.807, 2.05) is 19.1 Å². The fourth-order valence-corrected chi connectivity index (χ4v) is 1.91. The molecule has 3 nitrogen and oxygen atoms in total. The molecule has 0 atom stereocenters. The molecule has 1 rings (SSSR count). The van der Waals surface area contributed by atoms with E-state index < -0.39 is 0 Å². The number of ether oxygens (including phenoxy) is 1. The molecule has 0 unspecified atom stereocenters. The Bertz CT molecular complexity index is 369. The molecule has 0 aromatic heterocycles. The van der Waals surface area contributed by atoms with Gasteiger partial charge >= 0.3 is 0 Å². The quantitative estimate of drug-likeness (QED) is 0.847. The fourth-order valence-electron chi connectivity index (χ4n) is 1.73. The average molecular weight is 257 g/mol. The molecule has 0 saturated heterocycles. The summed E-state index contributed by atoms with van der Waals surface area (Å²) in [5, 5.41) is 0.794. The van der Waals surface area contributed by atoms with E-state index in [0.717, 1.165) is 41.4 Å². The SMILES string of the molecule is COc1cc(C)c(Cl)cc1CCN(C)CCN. The molecular formula is C13H21ClN2O. The summed E-state index contributed by atoms with van der Waals surface area (Å²) >= 11 is 6.13. The first-order valence-electron chi connectivity index (χ1n) is 5.80. The van der Waals surface area contributed by atoms with E-state index in [4.69, 9.17) is 22.1 Å². The Labute approximate surface area is 109 Å². The Morgan fingerprint density at radius 1 is 1.35 bits per heavy atom. The maximum absolute atomic E-state index is 6.13. The first kappa shape index (κ1) is 14.3. The van der Waals surface area contributed by atoms with Crippen LogP contribution in [0.2, 0.25) is 5.02 Å². The van der Waals surface area contributed by atoms with E-state index in [0.29, 0.717) is 6.54 Å². The van der Waals surface area contributed by atoms with Crippen molar-refractivity contribution in [3.05, 3.63) is 28.3 Å². The monoisotopic (exact) mass is 256 g/mol. The number of hydrogen-bond acceptors (Lipinski definition) is 3. The van der Waals surface area contributed by atoms with Crippen LogP contribution in [0.5, 0.6) is 5.75 Å². The summed E-state index contributed by atoms with van der Waals surface area (Å²) in [6.07, 6.45) is 0.916. The molecule has 0 spiro atoms. The number of hydrogen-bond donors (Lipinski definition) is 1. The van der Waals surface area contributed by atoms with Crippen molar-refractivity contribution in [1.82, 2.24) is 4.90 Å². The van der Waals surface area contributed by atoms with Crippen LogP contribution in [0, 0.1) is 6.92 Å². The van der Waals surface area contributed by atoms with Gasteiger partial charge in [0.2, 0.25) is 0 Å². The molecule has 0 bridgehead atoms. The molecule has 2 N–H and O–H groups in total. The largest absolute Gasteiger partial charge is 0.496 e. The third-order valence-corrected chi connectivity index (χ3v) is 3.24. The Morgan fingerprint density at radius 2 is 2.06 bits per heavy atom. The van der Waals surface area contributed by atoms with Gasteiger partial charge in [-0.2, -0.15) is 0 Å². The zero-order valence-corrected chi connectivity index (χ0v) is 11.5. The summed E-state index contributed by atoms with van der Waals surface area (Å²) in [7, 11) is 3.75. The number of methoxy groups -OCH3 is 1. The van der Waals surface area contributed by atoms with E-state index in [9.17, 15) is 0 Å². The lowest BCUT2D eigenvalue weighted by molar-refractivity contribution is 0.343. The van der Waals surface area contributed by atoms with E-state index in [2.05, 4.69) is 11.9 Å². The number of rotatable bonds is 6. The topological polar surface area (TPSA) is 38.5 Å². The summed E-state index contributed by atoms with van der Waals surface area (Å²) in [6.45, 7) is 4.52. The van der Waals surface area contributed by atoms with Gasteiger partial charge in [0, 0.05) is 24.7 Å². The second-order valence-corrected chi connectivity index (χ2v) is 4.66. The van der Waals surface area contributed by atoms with Crippen molar-refractivity contribution in [1.29, 1.82) is 0 Å². The number of benzene rings is 1. The highest BCUT2D eigenvalue weighted by molar-refractivity contribution is 6.31. The van der Waals surface area contributed by atoms with Crippen molar-refractivity contribution >= 4 is 11.6 Å². The predicted molar refractivity (Wildman–Crippen MR) is 73.0 cm³/mol. The van der Waals surface area contributed by atoms with Gasteiger partial charge in [-0.05, 0) is 43.7 Å². The van der Waals surface area contributed by atoms with Crippen molar-refractivity contribution < 1.29 is 4.74 Å². The molecule has 96 valence electrons. The number of halogens is 1. The Hall–Kier alpha value is -0.770. The molecule has 0 aliphatic heterocycles. The van der Waals surface area contributed by atoms with Gasteiger partial charge in [-0.25, -0.2) is 0 Å².